The number of carbonyl (C=O) groups is 8. The fourth-order valence-electron chi connectivity index (χ4n) is 8.42. The Bertz CT molecular complexity index is 2690. The van der Waals surface area contributed by atoms with E-state index in [1.807, 2.05) is 36.4 Å². The van der Waals surface area contributed by atoms with Gasteiger partial charge in [-0.15, -0.1) is 0 Å². The standard InChI is InChI=1S/C51H76N20O8/c52-40(72)21-20-37-45(77)70-38(27-29-10-2-1-3-11-29)47(79)71-39(28-30-18-19-31-12-4-5-13-32(31)26-30)46(78)68-36(17-9-25-64-51(59)60)43(75)66-34(15-7-23-62-49(55)56)41(73)65-33(14-6-22-61-48(53)54)42(74)67-35(44(76)69-37)16-8-24-63-50(57)58/h1-5,10-13,18-19,26,33-39H,6-9,14-17,20-25,27-28H2,(H2,52,72)(H,65,73)(H,66,75)(H,67,74)(H,68,78)(H,69,76)(H,70,77)(H,71,79)(H4,53,54,61)(H4,55,56,62)(H4,57,58,63)(H4,59,60,64)/t33-,34-,35-,36-,37-,38-,39-/m0/s1. The van der Waals surface area contributed by atoms with E-state index in [1.165, 1.54) is 0 Å². The number of carbonyl (C=O) groups excluding carboxylic acids is 8. The van der Waals surface area contributed by atoms with E-state index in [0.29, 0.717) is 11.1 Å². The number of hydrogen-bond donors (Lipinski definition) is 16. The summed E-state index contributed by atoms with van der Waals surface area (Å²) < 4.78 is 0. The third-order valence-electron chi connectivity index (χ3n) is 12.4. The minimum Gasteiger partial charge on any atom is -0.370 e. The lowest BCUT2D eigenvalue weighted by atomic mass is 9.99. The fraction of sp³-hybridized carbons (Fsp3) is 0.451. The number of fused-ring (bicyclic) bond motifs is 1. The van der Waals surface area contributed by atoms with Crippen LogP contribution in [0.3, 0.4) is 0 Å². The highest BCUT2D eigenvalue weighted by molar-refractivity contribution is 5.99. The van der Waals surface area contributed by atoms with Crippen LogP contribution in [0.2, 0.25) is 0 Å². The van der Waals surface area contributed by atoms with Gasteiger partial charge in [0.1, 0.15) is 42.3 Å². The zero-order valence-electron chi connectivity index (χ0n) is 44.0. The molecule has 0 saturated carbocycles. The number of benzene rings is 3. The highest BCUT2D eigenvalue weighted by Gasteiger charge is 2.36. The number of nitrogens with one attached hydrogen (secondary N) is 7. The van der Waals surface area contributed by atoms with Crippen LogP contribution in [0.25, 0.3) is 10.8 Å². The van der Waals surface area contributed by atoms with Crippen LogP contribution in [-0.2, 0) is 51.2 Å². The summed E-state index contributed by atoms with van der Waals surface area (Å²) in [6.45, 7) is 0.0922. The van der Waals surface area contributed by atoms with Gasteiger partial charge in [-0.1, -0.05) is 72.8 Å². The molecule has 7 atom stereocenters. The van der Waals surface area contributed by atoms with Gasteiger partial charge in [0.2, 0.25) is 47.3 Å². The average molecular weight is 1100 g/mol. The van der Waals surface area contributed by atoms with Crippen molar-refractivity contribution in [2.75, 3.05) is 26.2 Å². The minimum absolute atomic E-state index is 0.0122. The van der Waals surface area contributed by atoms with Gasteiger partial charge in [0.25, 0.3) is 0 Å². The van der Waals surface area contributed by atoms with Crippen LogP contribution in [-0.4, -0.2) is 140 Å². The second-order valence-electron chi connectivity index (χ2n) is 18.8. The molecule has 1 aliphatic rings. The predicted molar refractivity (Wildman–Crippen MR) is 299 cm³/mol. The topological polar surface area (TPSA) is 504 Å². The van der Waals surface area contributed by atoms with Gasteiger partial charge in [0.05, 0.1) is 0 Å². The molecule has 28 heteroatoms. The van der Waals surface area contributed by atoms with Crippen LogP contribution in [0.4, 0.5) is 0 Å². The van der Waals surface area contributed by atoms with Crippen LogP contribution in [0.15, 0.2) is 92.8 Å². The SMILES string of the molecule is NC(=O)CC[C@@H]1NC(=O)[C@H](CCCN=C(N)N)NC(=O)[C@H](CCCN=C(N)N)NC(=O)[C@H](CCCN=C(N)N)NC(=O)[C@H](CCCN=C(N)N)NC(=O)[C@H](Cc2ccc3ccccc3c2)NC(=O)[C@H](Cc2ccccc2)NC1=O. The Hall–Kier alpha value is -9.24. The molecule has 428 valence electrons. The summed E-state index contributed by atoms with van der Waals surface area (Å²) in [6, 6.07) is 11.5. The molecule has 1 aliphatic heterocycles. The van der Waals surface area contributed by atoms with Crippen molar-refractivity contribution in [3.8, 4) is 0 Å². The summed E-state index contributed by atoms with van der Waals surface area (Å²) in [6.07, 6.45) is -0.935. The molecule has 3 aromatic rings. The Morgan fingerprint density at radius 3 is 1.01 bits per heavy atom. The Morgan fingerprint density at radius 2 is 0.658 bits per heavy atom. The molecule has 3 aromatic carbocycles. The normalized spacial score (nSPS) is 20.7. The Kier molecular flexibility index (Phi) is 25.5. The molecule has 25 N–H and O–H groups in total. The van der Waals surface area contributed by atoms with Crippen molar-refractivity contribution in [3.05, 3.63) is 83.9 Å². The van der Waals surface area contributed by atoms with E-state index in [9.17, 15) is 38.4 Å². The van der Waals surface area contributed by atoms with Gasteiger partial charge in [-0.25, -0.2) is 0 Å². The molecule has 28 nitrogen and oxygen atoms in total. The first-order valence-electron chi connectivity index (χ1n) is 25.8. The maximum absolute atomic E-state index is 14.9. The fourth-order valence-corrected chi connectivity index (χ4v) is 8.42. The van der Waals surface area contributed by atoms with E-state index in [1.54, 1.807) is 36.4 Å². The highest BCUT2D eigenvalue weighted by Crippen LogP contribution is 2.18. The third kappa shape index (κ3) is 22.9. The molecule has 0 unspecified atom stereocenters. The molecule has 1 saturated heterocycles. The van der Waals surface area contributed by atoms with E-state index in [-0.39, 0.29) is 121 Å². The van der Waals surface area contributed by atoms with Crippen LogP contribution in [0, 0.1) is 0 Å². The summed E-state index contributed by atoms with van der Waals surface area (Å²) in [5, 5.41) is 20.7. The molecular formula is C51H76N20O8. The van der Waals surface area contributed by atoms with E-state index in [2.05, 4.69) is 57.2 Å². The van der Waals surface area contributed by atoms with E-state index in [4.69, 9.17) is 51.6 Å². The number of nitrogens with zero attached hydrogens (tertiary/aromatic N) is 4. The number of guanidine groups is 4. The number of rotatable bonds is 23. The van der Waals surface area contributed by atoms with Gasteiger partial charge in [-0.2, -0.15) is 0 Å². The van der Waals surface area contributed by atoms with Crippen LogP contribution >= 0.6 is 0 Å². The summed E-state index contributed by atoms with van der Waals surface area (Å²) in [7, 11) is 0. The van der Waals surface area contributed by atoms with Gasteiger partial charge in [-0.3, -0.25) is 58.3 Å². The number of primary amides is 1. The number of nitrogens with two attached hydrogens (primary N) is 9. The predicted octanol–water partition coefficient (Wildman–Crippen LogP) is -4.49. The van der Waals surface area contributed by atoms with Crippen molar-refractivity contribution in [3.63, 3.8) is 0 Å². The van der Waals surface area contributed by atoms with E-state index in [0.717, 1.165) is 10.8 Å². The Morgan fingerprint density at radius 1 is 0.354 bits per heavy atom. The molecule has 0 aliphatic carbocycles. The lowest BCUT2D eigenvalue weighted by Crippen LogP contribution is -2.60. The molecule has 0 spiro atoms. The van der Waals surface area contributed by atoms with Crippen molar-refractivity contribution in [1.29, 1.82) is 0 Å². The first-order chi connectivity index (χ1) is 37.7. The largest absolute Gasteiger partial charge is 0.370 e. The molecule has 1 heterocycles. The molecule has 0 aromatic heterocycles. The number of amides is 8. The molecule has 0 bridgehead atoms. The third-order valence-corrected chi connectivity index (χ3v) is 12.4. The van der Waals surface area contributed by atoms with E-state index < -0.39 is 96.0 Å². The van der Waals surface area contributed by atoms with E-state index >= 15 is 0 Å². The molecule has 0 radical (unpaired) electrons. The molecule has 4 rings (SSSR count). The molecular weight excluding hydrogens is 1020 g/mol. The highest BCUT2D eigenvalue weighted by atomic mass is 16.2. The number of aliphatic imine (C=N–C) groups is 4. The second-order valence-corrected chi connectivity index (χ2v) is 18.8. The first kappa shape index (κ1) is 62.3. The smallest absolute Gasteiger partial charge is 0.243 e. The average Bonchev–Trinajstić information content (AvgIpc) is 3.39. The quantitative estimate of drug-likeness (QED) is 0.0242. The molecule has 1 fully saturated rings. The molecule has 8 amide bonds. The zero-order valence-corrected chi connectivity index (χ0v) is 44.0. The Labute approximate surface area is 457 Å². The summed E-state index contributed by atoms with van der Waals surface area (Å²) in [5.41, 5.74) is 51.3. The minimum atomic E-state index is -1.54. The van der Waals surface area contributed by atoms with Gasteiger partial charge in [0, 0.05) is 45.4 Å². The lowest BCUT2D eigenvalue weighted by molar-refractivity contribution is -0.135. The van der Waals surface area contributed by atoms with Gasteiger partial charge in [-0.05, 0) is 79.7 Å². The first-order valence-corrected chi connectivity index (χ1v) is 25.8. The number of hydrogen-bond acceptors (Lipinski definition) is 12. The van der Waals surface area contributed by atoms with Crippen LogP contribution in [0.1, 0.15) is 75.3 Å². The summed E-state index contributed by atoms with van der Waals surface area (Å²) >= 11 is 0. The van der Waals surface area contributed by atoms with Crippen molar-refractivity contribution >= 4 is 81.9 Å². The van der Waals surface area contributed by atoms with Crippen molar-refractivity contribution in [1.82, 2.24) is 37.2 Å². The van der Waals surface area contributed by atoms with Crippen LogP contribution in [0.5, 0.6) is 0 Å². The second kappa shape index (κ2) is 32.4. The Balaban J connectivity index is 1.92. The maximum Gasteiger partial charge on any atom is 0.243 e. The molecule has 79 heavy (non-hydrogen) atoms. The maximum atomic E-state index is 14.9. The van der Waals surface area contributed by atoms with Crippen molar-refractivity contribution in [2.24, 2.45) is 71.6 Å². The summed E-state index contributed by atoms with van der Waals surface area (Å²) in [4.78, 5) is 131. The van der Waals surface area contributed by atoms with Crippen molar-refractivity contribution < 1.29 is 38.4 Å². The van der Waals surface area contributed by atoms with Crippen molar-refractivity contribution in [2.45, 2.75) is 119 Å². The lowest BCUT2D eigenvalue weighted by Gasteiger charge is -2.28. The van der Waals surface area contributed by atoms with Gasteiger partial charge >= 0.3 is 0 Å². The zero-order chi connectivity index (χ0) is 57.9. The van der Waals surface area contributed by atoms with Gasteiger partial charge in [0.15, 0.2) is 23.8 Å². The van der Waals surface area contributed by atoms with Gasteiger partial charge < -0.3 is 88.8 Å². The monoisotopic (exact) mass is 1100 g/mol. The summed E-state index contributed by atoms with van der Waals surface area (Å²) in [5.74, 6) is -7.83. The van der Waals surface area contributed by atoms with Crippen LogP contribution < -0.4 is 88.8 Å².